The highest BCUT2D eigenvalue weighted by Gasteiger charge is 2.20. The molecule has 2 N–H and O–H groups in total. The molecule has 0 fully saturated rings. The first-order valence-corrected chi connectivity index (χ1v) is 17.0. The molecule has 222 valence electrons. The zero-order valence-corrected chi connectivity index (χ0v) is 25.6. The second-order valence-corrected chi connectivity index (χ2v) is 11.9. The normalized spacial score (nSPS) is 12.4. The summed E-state index contributed by atoms with van der Waals surface area (Å²) >= 11 is 1.82. The van der Waals surface area contributed by atoms with E-state index in [2.05, 4.69) is 18.7 Å². The molecule has 1 atom stereocenters. The van der Waals surface area contributed by atoms with E-state index in [4.69, 9.17) is 14.9 Å². The van der Waals surface area contributed by atoms with Crippen LogP contribution in [0.4, 0.5) is 0 Å². The first-order chi connectivity index (χ1) is 18.2. The average molecular weight is 546 g/mol. The zero-order chi connectivity index (χ0) is 27.2. The maximum atomic E-state index is 12.8. The van der Waals surface area contributed by atoms with Crippen molar-refractivity contribution in [2.24, 2.45) is 0 Å². The third-order valence-electron chi connectivity index (χ3n) is 7.03. The quantitative estimate of drug-likeness (QED) is 0.0710. The molecule has 1 unspecified atom stereocenters. The van der Waals surface area contributed by atoms with E-state index in [-0.39, 0.29) is 17.8 Å². The number of ether oxygens (including phenoxy) is 1. The van der Waals surface area contributed by atoms with E-state index >= 15 is 0 Å². The van der Waals surface area contributed by atoms with Gasteiger partial charge >= 0.3 is 5.97 Å². The molecule has 0 aromatic carbocycles. The van der Waals surface area contributed by atoms with E-state index in [1.54, 1.807) is 0 Å². The van der Waals surface area contributed by atoms with Gasteiger partial charge in [0.1, 0.15) is 5.25 Å². The molecule has 0 spiro atoms. The smallest absolute Gasteiger partial charge is 0.319 e. The van der Waals surface area contributed by atoms with Crippen molar-refractivity contribution in [3.05, 3.63) is 0 Å². The van der Waals surface area contributed by atoms with Crippen LogP contribution >= 0.6 is 11.8 Å². The van der Waals surface area contributed by atoms with Crippen molar-refractivity contribution in [2.45, 2.75) is 148 Å². The van der Waals surface area contributed by atoms with Crippen LogP contribution in [0.1, 0.15) is 142 Å². The van der Waals surface area contributed by atoms with Gasteiger partial charge < -0.3 is 19.8 Å². The van der Waals surface area contributed by atoms with Gasteiger partial charge in [-0.25, -0.2) is 0 Å². The number of carbonyl (C=O) groups is 1. The summed E-state index contributed by atoms with van der Waals surface area (Å²) < 4.78 is 5.72. The largest absolute Gasteiger partial charge is 0.465 e. The van der Waals surface area contributed by atoms with E-state index in [9.17, 15) is 4.79 Å². The number of aliphatic hydroxyl groups is 2. The van der Waals surface area contributed by atoms with Crippen molar-refractivity contribution >= 4 is 17.7 Å². The van der Waals surface area contributed by atoms with Gasteiger partial charge in [-0.05, 0) is 76.8 Å². The Bertz CT molecular complexity index is 466. The highest BCUT2D eigenvalue weighted by molar-refractivity contribution is 8.00. The number of thioether (sulfide) groups is 1. The van der Waals surface area contributed by atoms with Gasteiger partial charge in [-0.2, -0.15) is 0 Å². The monoisotopic (exact) mass is 545 g/mol. The molecular formula is C31H63NO4S. The van der Waals surface area contributed by atoms with Crippen molar-refractivity contribution < 1.29 is 19.7 Å². The molecule has 0 radical (unpaired) electrons. The summed E-state index contributed by atoms with van der Waals surface area (Å²) in [5.41, 5.74) is 0. The molecular weight excluding hydrogens is 482 g/mol. The molecule has 0 bridgehead atoms. The summed E-state index contributed by atoms with van der Waals surface area (Å²) in [7, 11) is 0. The molecule has 0 amide bonds. The second-order valence-electron chi connectivity index (χ2n) is 10.6. The Morgan fingerprint density at radius 3 is 1.78 bits per heavy atom. The maximum Gasteiger partial charge on any atom is 0.319 e. The summed E-state index contributed by atoms with van der Waals surface area (Å²) in [6, 6.07) is 0. The molecule has 0 saturated heterocycles. The van der Waals surface area contributed by atoms with Crippen LogP contribution in [-0.4, -0.2) is 71.5 Å². The van der Waals surface area contributed by atoms with Gasteiger partial charge in [0.15, 0.2) is 0 Å². The molecule has 37 heavy (non-hydrogen) atoms. The number of hydrogen-bond donors (Lipinski definition) is 2. The zero-order valence-electron chi connectivity index (χ0n) is 24.7. The van der Waals surface area contributed by atoms with Crippen LogP contribution < -0.4 is 0 Å². The Morgan fingerprint density at radius 1 is 0.649 bits per heavy atom. The molecule has 0 saturated carbocycles. The number of carbonyl (C=O) groups excluding carboxylic acids is 1. The summed E-state index contributed by atoms with van der Waals surface area (Å²) in [4.78, 5) is 15.3. The third-order valence-corrected chi connectivity index (χ3v) is 8.38. The van der Waals surface area contributed by atoms with Crippen LogP contribution in [0.25, 0.3) is 0 Å². The third kappa shape index (κ3) is 25.7. The van der Waals surface area contributed by atoms with Crippen molar-refractivity contribution in [3.63, 3.8) is 0 Å². The Hall–Kier alpha value is -0.300. The number of rotatable bonds is 30. The van der Waals surface area contributed by atoms with Crippen molar-refractivity contribution in [1.29, 1.82) is 0 Å². The van der Waals surface area contributed by atoms with E-state index in [1.165, 1.54) is 77.0 Å². The van der Waals surface area contributed by atoms with Crippen LogP contribution in [0.5, 0.6) is 0 Å². The Balaban J connectivity index is 4.13. The molecule has 0 aliphatic carbocycles. The minimum atomic E-state index is 0.0197. The SMILES string of the molecule is CCCCCCCCC(SCCCCC)C(=O)OCCCCCCN(CCCCO)CCCCCCO. The molecule has 6 heteroatoms. The minimum absolute atomic E-state index is 0.0197. The van der Waals surface area contributed by atoms with Crippen molar-refractivity contribution in [1.82, 2.24) is 4.90 Å². The average Bonchev–Trinajstić information content (AvgIpc) is 2.90. The number of nitrogens with zero attached hydrogens (tertiary/aromatic N) is 1. The summed E-state index contributed by atoms with van der Waals surface area (Å²) in [6.45, 7) is 8.90. The molecule has 0 aliphatic rings. The van der Waals surface area contributed by atoms with Gasteiger partial charge in [0.25, 0.3) is 0 Å². The predicted octanol–water partition coefficient (Wildman–Crippen LogP) is 7.76. The molecule has 0 rings (SSSR count). The highest BCUT2D eigenvalue weighted by Crippen LogP contribution is 2.22. The number of aliphatic hydroxyl groups excluding tert-OH is 2. The fourth-order valence-electron chi connectivity index (χ4n) is 4.60. The Morgan fingerprint density at radius 2 is 1.14 bits per heavy atom. The van der Waals surface area contributed by atoms with Gasteiger partial charge in [-0.1, -0.05) is 90.9 Å². The topological polar surface area (TPSA) is 70.0 Å². The van der Waals surface area contributed by atoms with Gasteiger partial charge in [0.2, 0.25) is 0 Å². The van der Waals surface area contributed by atoms with Crippen LogP contribution in [0.3, 0.4) is 0 Å². The van der Waals surface area contributed by atoms with Crippen molar-refractivity contribution in [2.75, 3.05) is 45.2 Å². The maximum absolute atomic E-state index is 12.8. The summed E-state index contributed by atoms with van der Waals surface area (Å²) in [6.07, 6.45) is 22.9. The minimum Gasteiger partial charge on any atom is -0.465 e. The van der Waals surface area contributed by atoms with Crippen LogP contribution in [0.2, 0.25) is 0 Å². The number of hydrogen-bond acceptors (Lipinski definition) is 6. The number of esters is 1. The van der Waals surface area contributed by atoms with Gasteiger partial charge in [-0.3, -0.25) is 4.79 Å². The highest BCUT2D eigenvalue weighted by atomic mass is 32.2. The lowest BCUT2D eigenvalue weighted by molar-refractivity contribution is -0.143. The molecule has 0 aromatic rings. The number of unbranched alkanes of at least 4 members (excludes halogenated alkanes) is 14. The first kappa shape index (κ1) is 36.7. The molecule has 0 aliphatic heterocycles. The Kier molecular flexibility index (Phi) is 30.0. The van der Waals surface area contributed by atoms with Crippen LogP contribution in [0.15, 0.2) is 0 Å². The fraction of sp³-hybridized carbons (Fsp3) is 0.968. The van der Waals surface area contributed by atoms with E-state index < -0.39 is 0 Å². The lowest BCUT2D eigenvalue weighted by Gasteiger charge is -2.22. The van der Waals surface area contributed by atoms with Gasteiger partial charge in [0, 0.05) is 13.2 Å². The molecule has 0 aromatic heterocycles. The lowest BCUT2D eigenvalue weighted by atomic mass is 10.1. The van der Waals surface area contributed by atoms with Gasteiger partial charge in [-0.15, -0.1) is 11.8 Å². The van der Waals surface area contributed by atoms with Crippen molar-refractivity contribution in [3.8, 4) is 0 Å². The summed E-state index contributed by atoms with van der Waals surface area (Å²) in [5, 5.41) is 18.0. The summed E-state index contributed by atoms with van der Waals surface area (Å²) in [5.74, 6) is 1.09. The second kappa shape index (κ2) is 30.2. The lowest BCUT2D eigenvalue weighted by Crippen LogP contribution is -2.27. The van der Waals surface area contributed by atoms with Crippen LogP contribution in [-0.2, 0) is 9.53 Å². The fourth-order valence-corrected chi connectivity index (χ4v) is 5.79. The molecule has 5 nitrogen and oxygen atoms in total. The van der Waals surface area contributed by atoms with Crippen LogP contribution in [0, 0.1) is 0 Å². The molecule has 0 heterocycles. The standard InChI is InChI=1S/C31H63NO4S/c1-3-5-7-8-9-14-22-30(37-29-21-6-4-2)31(35)36-28-20-13-11-16-24-32(25-17-19-27-34)23-15-10-12-18-26-33/h30,33-34H,3-29H2,1-2H3. The van der Waals surface area contributed by atoms with E-state index in [0.717, 1.165) is 76.8 Å². The van der Waals surface area contributed by atoms with Gasteiger partial charge in [0.05, 0.1) is 6.61 Å². The first-order valence-electron chi connectivity index (χ1n) is 15.9. The van der Waals surface area contributed by atoms with E-state index in [1.807, 2.05) is 11.8 Å². The predicted molar refractivity (Wildman–Crippen MR) is 162 cm³/mol. The van der Waals surface area contributed by atoms with E-state index in [0.29, 0.717) is 13.2 Å². The Labute approximate surface area is 234 Å².